The Bertz CT molecular complexity index is 391. The third kappa shape index (κ3) is 3.73. The highest BCUT2D eigenvalue weighted by Crippen LogP contribution is 2.44. The summed E-state index contributed by atoms with van der Waals surface area (Å²) in [4.78, 5) is 4.42. The van der Waals surface area contributed by atoms with Crippen LogP contribution in [-0.4, -0.2) is 16.3 Å². The van der Waals surface area contributed by atoms with E-state index >= 15 is 0 Å². The molecule has 2 nitrogen and oxygen atoms in total. The first-order chi connectivity index (χ1) is 9.03. The lowest BCUT2D eigenvalue weighted by molar-refractivity contribution is 0.148. The number of nitrogens with zero attached hydrogens (tertiary/aromatic N) is 1. The van der Waals surface area contributed by atoms with Gasteiger partial charge in [-0.25, -0.2) is 4.98 Å². The van der Waals surface area contributed by atoms with Gasteiger partial charge in [0.15, 0.2) is 0 Å². The highest BCUT2D eigenvalue weighted by Gasteiger charge is 2.36. The van der Waals surface area contributed by atoms with Crippen LogP contribution in [0, 0.1) is 11.3 Å². The molecule has 0 spiro atoms. The van der Waals surface area contributed by atoms with Gasteiger partial charge in [-0.2, -0.15) is 0 Å². The Morgan fingerprint density at radius 1 is 1.37 bits per heavy atom. The molecule has 3 heteroatoms. The van der Waals surface area contributed by atoms with E-state index < -0.39 is 0 Å². The minimum absolute atomic E-state index is 0.316. The van der Waals surface area contributed by atoms with Gasteiger partial charge in [-0.1, -0.05) is 33.3 Å². The van der Waals surface area contributed by atoms with Crippen LogP contribution in [0.15, 0.2) is 29.4 Å². The van der Waals surface area contributed by atoms with Gasteiger partial charge in [-0.3, -0.25) is 0 Å². The topological polar surface area (TPSA) is 38.9 Å². The molecular weight excluding hydrogens is 252 g/mol. The van der Waals surface area contributed by atoms with Gasteiger partial charge in [-0.05, 0) is 42.7 Å². The molecule has 2 rings (SSSR count). The van der Waals surface area contributed by atoms with Crippen LogP contribution in [0.5, 0.6) is 0 Å². The van der Waals surface area contributed by atoms with Crippen LogP contribution in [-0.2, 0) is 0 Å². The van der Waals surface area contributed by atoms with E-state index in [2.05, 4.69) is 37.9 Å². The Morgan fingerprint density at radius 3 is 2.79 bits per heavy atom. The molecule has 1 aliphatic carbocycles. The van der Waals surface area contributed by atoms with E-state index in [-0.39, 0.29) is 0 Å². The van der Waals surface area contributed by atoms with E-state index in [1.54, 1.807) is 0 Å². The Hall–Kier alpha value is -0.540. The van der Waals surface area contributed by atoms with Crippen molar-refractivity contribution in [2.24, 2.45) is 17.1 Å². The molecule has 1 aliphatic rings. The van der Waals surface area contributed by atoms with Crippen molar-refractivity contribution in [3.8, 4) is 0 Å². The Morgan fingerprint density at radius 2 is 2.16 bits per heavy atom. The summed E-state index contributed by atoms with van der Waals surface area (Å²) in [5, 5.41) is 1.62. The zero-order chi connectivity index (χ0) is 13.9. The van der Waals surface area contributed by atoms with Crippen LogP contribution in [0.3, 0.4) is 0 Å². The molecule has 0 aromatic carbocycles. The zero-order valence-electron chi connectivity index (χ0n) is 12.3. The van der Waals surface area contributed by atoms with Crippen molar-refractivity contribution in [1.29, 1.82) is 0 Å². The Kier molecular flexibility index (Phi) is 4.91. The van der Waals surface area contributed by atoms with E-state index in [1.807, 2.05) is 24.0 Å². The SMILES string of the molecule is CCC(C)(C)C1CCC(N)C(Sc2ccccn2)C1. The minimum atomic E-state index is 0.316. The second-order valence-electron chi connectivity index (χ2n) is 6.34. The summed E-state index contributed by atoms with van der Waals surface area (Å²) < 4.78 is 0. The fourth-order valence-corrected chi connectivity index (χ4v) is 4.09. The average molecular weight is 278 g/mol. The fourth-order valence-electron chi connectivity index (χ4n) is 2.86. The number of hydrogen-bond acceptors (Lipinski definition) is 3. The second-order valence-corrected chi connectivity index (χ2v) is 7.60. The van der Waals surface area contributed by atoms with Gasteiger partial charge >= 0.3 is 0 Å². The van der Waals surface area contributed by atoms with Crippen molar-refractivity contribution in [3.05, 3.63) is 24.4 Å². The van der Waals surface area contributed by atoms with E-state index in [9.17, 15) is 0 Å². The van der Waals surface area contributed by atoms with Crippen molar-refractivity contribution in [2.45, 2.75) is 62.8 Å². The largest absolute Gasteiger partial charge is 0.327 e. The molecule has 0 radical (unpaired) electrons. The highest BCUT2D eigenvalue weighted by molar-refractivity contribution is 7.99. The molecule has 0 aliphatic heterocycles. The van der Waals surface area contributed by atoms with Crippen LogP contribution < -0.4 is 5.73 Å². The summed E-state index contributed by atoms with van der Waals surface area (Å²) in [5.74, 6) is 0.790. The van der Waals surface area contributed by atoms with Gasteiger partial charge in [0.25, 0.3) is 0 Å². The van der Waals surface area contributed by atoms with Crippen molar-refractivity contribution in [1.82, 2.24) is 4.98 Å². The molecule has 1 saturated carbocycles. The predicted molar refractivity (Wildman–Crippen MR) is 83.3 cm³/mol. The third-order valence-electron chi connectivity index (χ3n) is 4.77. The lowest BCUT2D eigenvalue weighted by atomic mass is 9.69. The molecule has 3 unspecified atom stereocenters. The molecule has 3 atom stereocenters. The Balaban J connectivity index is 2.03. The fraction of sp³-hybridized carbons (Fsp3) is 0.688. The first kappa shape index (κ1) is 14.9. The number of thioether (sulfide) groups is 1. The summed E-state index contributed by atoms with van der Waals surface area (Å²) in [5.41, 5.74) is 6.76. The van der Waals surface area contributed by atoms with E-state index in [1.165, 1.54) is 19.3 Å². The molecule has 0 saturated heterocycles. The lowest BCUT2D eigenvalue weighted by Gasteiger charge is -2.41. The summed E-state index contributed by atoms with van der Waals surface area (Å²) in [6.07, 6.45) is 6.77. The van der Waals surface area contributed by atoms with Crippen LogP contribution in [0.4, 0.5) is 0 Å². The normalized spacial score (nSPS) is 28.3. The molecule has 1 aromatic heterocycles. The third-order valence-corrected chi connectivity index (χ3v) is 6.10. The van der Waals surface area contributed by atoms with Gasteiger partial charge in [-0.15, -0.1) is 11.8 Å². The number of rotatable bonds is 4. The summed E-state index contributed by atoms with van der Waals surface area (Å²) >= 11 is 1.87. The molecule has 106 valence electrons. The summed E-state index contributed by atoms with van der Waals surface area (Å²) in [6, 6.07) is 6.42. The first-order valence-electron chi connectivity index (χ1n) is 7.36. The number of pyridine rings is 1. The molecule has 19 heavy (non-hydrogen) atoms. The number of hydrogen-bond donors (Lipinski definition) is 1. The molecule has 0 bridgehead atoms. The van der Waals surface area contributed by atoms with Crippen molar-refractivity contribution in [3.63, 3.8) is 0 Å². The monoisotopic (exact) mass is 278 g/mol. The highest BCUT2D eigenvalue weighted by atomic mass is 32.2. The molecule has 2 N–H and O–H groups in total. The molecule has 0 amide bonds. The number of aromatic nitrogens is 1. The van der Waals surface area contributed by atoms with Crippen molar-refractivity contribution < 1.29 is 0 Å². The molecular formula is C16H26N2S. The van der Waals surface area contributed by atoms with E-state index in [0.717, 1.165) is 17.4 Å². The van der Waals surface area contributed by atoms with Gasteiger partial charge in [0, 0.05) is 17.5 Å². The molecule has 1 heterocycles. The van der Waals surface area contributed by atoms with Crippen molar-refractivity contribution in [2.75, 3.05) is 0 Å². The van der Waals surface area contributed by atoms with Crippen LogP contribution in [0.2, 0.25) is 0 Å². The van der Waals surface area contributed by atoms with Gasteiger partial charge in [0.2, 0.25) is 0 Å². The van der Waals surface area contributed by atoms with Crippen LogP contribution in [0.25, 0.3) is 0 Å². The van der Waals surface area contributed by atoms with Gasteiger partial charge in [0.05, 0.1) is 5.03 Å². The summed E-state index contributed by atoms with van der Waals surface area (Å²) in [7, 11) is 0. The maximum atomic E-state index is 6.33. The zero-order valence-corrected chi connectivity index (χ0v) is 13.1. The number of nitrogens with two attached hydrogens (primary N) is 1. The molecule has 1 fully saturated rings. The van der Waals surface area contributed by atoms with Crippen LogP contribution >= 0.6 is 11.8 Å². The van der Waals surface area contributed by atoms with E-state index in [0.29, 0.717) is 16.7 Å². The maximum Gasteiger partial charge on any atom is 0.0963 e. The maximum absolute atomic E-state index is 6.33. The second kappa shape index (κ2) is 6.27. The van der Waals surface area contributed by atoms with Crippen LogP contribution in [0.1, 0.15) is 46.5 Å². The van der Waals surface area contributed by atoms with Gasteiger partial charge in [0.1, 0.15) is 0 Å². The first-order valence-corrected chi connectivity index (χ1v) is 8.24. The minimum Gasteiger partial charge on any atom is -0.327 e. The smallest absolute Gasteiger partial charge is 0.0963 e. The quantitative estimate of drug-likeness (QED) is 0.901. The average Bonchev–Trinajstić information content (AvgIpc) is 2.42. The van der Waals surface area contributed by atoms with Gasteiger partial charge < -0.3 is 5.73 Å². The Labute approximate surface area is 121 Å². The van der Waals surface area contributed by atoms with Crippen molar-refractivity contribution >= 4 is 11.8 Å². The van der Waals surface area contributed by atoms with E-state index in [4.69, 9.17) is 5.73 Å². The summed E-state index contributed by atoms with van der Waals surface area (Å²) in [6.45, 7) is 7.10. The predicted octanol–water partition coefficient (Wildman–Crippen LogP) is 4.11. The standard InChI is InChI=1S/C16H26N2S/c1-4-16(2,3)12-8-9-13(17)14(11-12)19-15-7-5-6-10-18-15/h5-7,10,12-14H,4,8-9,11,17H2,1-3H3. The molecule has 1 aromatic rings. The lowest BCUT2D eigenvalue weighted by Crippen LogP contribution is -2.42.